The van der Waals surface area contributed by atoms with Crippen LogP contribution in [0.1, 0.15) is 26.6 Å². The number of H-pyrrole nitrogens is 1. The molecule has 13 heteroatoms. The summed E-state index contributed by atoms with van der Waals surface area (Å²) in [6.45, 7) is 5.84. The highest BCUT2D eigenvalue weighted by molar-refractivity contribution is 5.93. The molecular formula is C19H24N8O5. The van der Waals surface area contributed by atoms with Crippen molar-refractivity contribution in [2.75, 3.05) is 17.3 Å². The van der Waals surface area contributed by atoms with Gasteiger partial charge in [0, 0.05) is 18.9 Å². The van der Waals surface area contributed by atoms with Crippen molar-refractivity contribution >= 4 is 23.0 Å². The monoisotopic (exact) mass is 444 g/mol. The SMILES string of the molecule is CCN(C(=O)[C@H]1O[C@@H](OCc2ncc[nH]2)[C@@H]2OC(C)(C)O[C@@H]21)n1c(N)nc2cncnc21. The van der Waals surface area contributed by atoms with Crippen molar-refractivity contribution in [1.82, 2.24) is 29.6 Å². The quantitative estimate of drug-likeness (QED) is 0.534. The van der Waals surface area contributed by atoms with Crippen LogP contribution < -0.4 is 10.7 Å². The molecule has 3 aromatic heterocycles. The van der Waals surface area contributed by atoms with Gasteiger partial charge in [-0.3, -0.25) is 4.79 Å². The first-order valence-corrected chi connectivity index (χ1v) is 10.2. The number of imidazole rings is 2. The Morgan fingerprint density at radius 2 is 2.16 bits per heavy atom. The number of likely N-dealkylation sites (N-methyl/N-ethyl adjacent to an activating group) is 1. The van der Waals surface area contributed by atoms with E-state index >= 15 is 0 Å². The molecule has 0 saturated carbocycles. The Morgan fingerprint density at radius 3 is 2.91 bits per heavy atom. The molecule has 13 nitrogen and oxygen atoms in total. The van der Waals surface area contributed by atoms with Crippen molar-refractivity contribution < 1.29 is 23.7 Å². The van der Waals surface area contributed by atoms with E-state index < -0.39 is 30.4 Å². The highest BCUT2D eigenvalue weighted by Crippen LogP contribution is 2.40. The Hall–Kier alpha value is -3.13. The van der Waals surface area contributed by atoms with Crippen molar-refractivity contribution in [3.63, 3.8) is 0 Å². The van der Waals surface area contributed by atoms with Gasteiger partial charge in [-0.15, -0.1) is 0 Å². The van der Waals surface area contributed by atoms with Gasteiger partial charge in [-0.2, -0.15) is 4.68 Å². The van der Waals surface area contributed by atoms with E-state index in [0.29, 0.717) is 17.0 Å². The van der Waals surface area contributed by atoms with Gasteiger partial charge in [-0.1, -0.05) is 0 Å². The molecule has 5 heterocycles. The molecule has 32 heavy (non-hydrogen) atoms. The number of rotatable bonds is 6. The normalized spacial score (nSPS) is 26.5. The zero-order valence-electron chi connectivity index (χ0n) is 17.8. The van der Waals surface area contributed by atoms with Crippen LogP contribution in [0.5, 0.6) is 0 Å². The van der Waals surface area contributed by atoms with Crippen molar-refractivity contribution in [1.29, 1.82) is 0 Å². The number of nitrogens with two attached hydrogens (primary N) is 1. The third-order valence-corrected chi connectivity index (χ3v) is 5.31. The fourth-order valence-corrected chi connectivity index (χ4v) is 4.05. The summed E-state index contributed by atoms with van der Waals surface area (Å²) in [5, 5.41) is 1.42. The Labute approximate surface area is 182 Å². The van der Waals surface area contributed by atoms with Gasteiger partial charge < -0.3 is 29.7 Å². The standard InChI is InChI=1S/C19H24N8O5/c1-4-26(27-15-10(25-18(27)20)7-21-9-24-15)16(28)13-12-14(32-19(2,3)31-12)17(30-13)29-8-11-22-5-6-23-11/h5-7,9,12-14,17H,4,8H2,1-3H3,(H2,20,25)(H,22,23)/t12-,13+,14-,17-/m1/s1. The Kier molecular flexibility index (Phi) is 5.04. The van der Waals surface area contributed by atoms with Crippen LogP contribution in [0.25, 0.3) is 11.2 Å². The Morgan fingerprint density at radius 1 is 1.34 bits per heavy atom. The number of carbonyl (C=O) groups excluding carboxylic acids is 1. The first-order chi connectivity index (χ1) is 15.4. The highest BCUT2D eigenvalue weighted by atomic mass is 16.8. The van der Waals surface area contributed by atoms with E-state index in [9.17, 15) is 4.79 Å². The molecule has 3 aromatic rings. The summed E-state index contributed by atoms with van der Waals surface area (Å²) in [4.78, 5) is 33.2. The Balaban J connectivity index is 1.42. The van der Waals surface area contributed by atoms with E-state index in [-0.39, 0.29) is 25.0 Å². The van der Waals surface area contributed by atoms with E-state index in [1.54, 1.807) is 26.2 Å². The number of aromatic amines is 1. The molecule has 4 atom stereocenters. The minimum absolute atomic E-state index is 0.111. The highest BCUT2D eigenvalue weighted by Gasteiger charge is 2.59. The number of fused-ring (bicyclic) bond motifs is 2. The van der Waals surface area contributed by atoms with Crippen LogP contribution >= 0.6 is 0 Å². The van der Waals surface area contributed by atoms with E-state index in [0.717, 1.165) is 0 Å². The van der Waals surface area contributed by atoms with Gasteiger partial charge in [0.1, 0.15) is 36.5 Å². The van der Waals surface area contributed by atoms with Crippen molar-refractivity contribution in [3.8, 4) is 0 Å². The van der Waals surface area contributed by atoms with Crippen molar-refractivity contribution in [2.45, 2.75) is 57.8 Å². The second-order valence-electron chi connectivity index (χ2n) is 7.90. The smallest absolute Gasteiger partial charge is 0.273 e. The molecule has 2 fully saturated rings. The summed E-state index contributed by atoms with van der Waals surface area (Å²) in [5.74, 6) is -0.530. The first kappa shape index (κ1) is 20.8. The lowest BCUT2D eigenvalue weighted by Crippen LogP contribution is -2.50. The molecule has 0 aromatic carbocycles. The summed E-state index contributed by atoms with van der Waals surface area (Å²) in [5.41, 5.74) is 6.99. The minimum Gasteiger partial charge on any atom is -0.368 e. The van der Waals surface area contributed by atoms with Crippen LogP contribution in [0.2, 0.25) is 0 Å². The zero-order valence-corrected chi connectivity index (χ0v) is 17.8. The first-order valence-electron chi connectivity index (χ1n) is 10.2. The number of anilines is 1. The van der Waals surface area contributed by atoms with E-state index in [2.05, 4.69) is 24.9 Å². The number of nitrogens with zero attached hydrogens (tertiary/aromatic N) is 6. The summed E-state index contributed by atoms with van der Waals surface area (Å²) < 4.78 is 25.4. The second-order valence-corrected chi connectivity index (χ2v) is 7.90. The van der Waals surface area contributed by atoms with Gasteiger partial charge in [0.25, 0.3) is 5.91 Å². The van der Waals surface area contributed by atoms with Crippen LogP contribution in [0.4, 0.5) is 5.95 Å². The molecule has 0 unspecified atom stereocenters. The number of nitrogens with one attached hydrogen (secondary N) is 1. The largest absolute Gasteiger partial charge is 0.368 e. The lowest BCUT2D eigenvalue weighted by Gasteiger charge is -2.28. The fraction of sp³-hybridized carbons (Fsp3) is 0.526. The Bertz CT molecular complexity index is 1120. The van der Waals surface area contributed by atoms with Gasteiger partial charge in [0.15, 0.2) is 23.8 Å². The molecule has 0 spiro atoms. The predicted molar refractivity (Wildman–Crippen MR) is 109 cm³/mol. The number of ether oxygens (including phenoxy) is 4. The molecule has 5 rings (SSSR count). The number of carbonyl (C=O) groups is 1. The molecule has 170 valence electrons. The lowest BCUT2D eigenvalue weighted by molar-refractivity contribution is -0.235. The van der Waals surface area contributed by atoms with Crippen LogP contribution in [0.3, 0.4) is 0 Å². The molecule has 0 radical (unpaired) electrons. The number of hydrogen-bond acceptors (Lipinski definition) is 10. The van der Waals surface area contributed by atoms with E-state index in [1.807, 2.05) is 6.92 Å². The maximum absolute atomic E-state index is 13.6. The molecule has 3 N–H and O–H groups in total. The average Bonchev–Trinajstić information content (AvgIpc) is 3.51. The van der Waals surface area contributed by atoms with Gasteiger partial charge in [0.05, 0.1) is 6.20 Å². The number of aromatic nitrogens is 6. The zero-order chi connectivity index (χ0) is 22.5. The number of nitrogen functional groups attached to an aromatic ring is 1. The van der Waals surface area contributed by atoms with Gasteiger partial charge in [0.2, 0.25) is 5.95 Å². The lowest BCUT2D eigenvalue weighted by atomic mass is 10.1. The molecule has 2 aliphatic rings. The van der Waals surface area contributed by atoms with E-state index in [4.69, 9.17) is 24.7 Å². The van der Waals surface area contributed by atoms with Gasteiger partial charge in [-0.25, -0.2) is 24.9 Å². The third kappa shape index (κ3) is 3.48. The molecule has 0 bridgehead atoms. The van der Waals surface area contributed by atoms with Crippen LogP contribution in [-0.4, -0.2) is 72.4 Å². The summed E-state index contributed by atoms with van der Waals surface area (Å²) in [7, 11) is 0. The van der Waals surface area contributed by atoms with Gasteiger partial charge >= 0.3 is 0 Å². The maximum atomic E-state index is 13.6. The van der Waals surface area contributed by atoms with Crippen molar-refractivity contribution in [2.24, 2.45) is 0 Å². The average molecular weight is 444 g/mol. The van der Waals surface area contributed by atoms with Crippen LogP contribution in [0.15, 0.2) is 24.9 Å². The fourth-order valence-electron chi connectivity index (χ4n) is 4.05. The van der Waals surface area contributed by atoms with E-state index in [1.165, 1.54) is 22.2 Å². The maximum Gasteiger partial charge on any atom is 0.273 e. The number of hydrogen-bond donors (Lipinski definition) is 2. The molecular weight excluding hydrogens is 420 g/mol. The molecule has 2 aliphatic heterocycles. The predicted octanol–water partition coefficient (Wildman–Crippen LogP) is 0.0779. The second kappa shape index (κ2) is 7.78. The van der Waals surface area contributed by atoms with Gasteiger partial charge in [-0.05, 0) is 20.8 Å². The summed E-state index contributed by atoms with van der Waals surface area (Å²) in [6.07, 6.45) is 3.17. The third-order valence-electron chi connectivity index (χ3n) is 5.31. The topological polar surface area (TPSA) is 156 Å². The summed E-state index contributed by atoms with van der Waals surface area (Å²) >= 11 is 0. The minimum atomic E-state index is -0.984. The molecule has 1 amide bonds. The molecule has 0 aliphatic carbocycles. The van der Waals surface area contributed by atoms with Crippen LogP contribution in [0, 0.1) is 0 Å². The summed E-state index contributed by atoms with van der Waals surface area (Å²) in [6, 6.07) is 0. The van der Waals surface area contributed by atoms with Crippen LogP contribution in [-0.2, 0) is 30.3 Å². The molecule has 2 saturated heterocycles. The van der Waals surface area contributed by atoms with Crippen molar-refractivity contribution in [3.05, 3.63) is 30.7 Å². The number of amides is 1.